The molecule has 0 amide bonds. The first-order valence-electron chi connectivity index (χ1n) is 5.73. The summed E-state index contributed by atoms with van der Waals surface area (Å²) in [6.45, 7) is 5.41. The fraction of sp³-hybridized carbons (Fsp3) is 0.500. The van der Waals surface area contributed by atoms with Gasteiger partial charge < -0.3 is 0 Å². The van der Waals surface area contributed by atoms with Gasteiger partial charge in [-0.1, -0.05) is 0 Å². The van der Waals surface area contributed by atoms with E-state index in [1.807, 2.05) is 44.2 Å². The van der Waals surface area contributed by atoms with E-state index in [1.54, 1.807) is 0 Å². The third kappa shape index (κ3) is 4.20. The summed E-state index contributed by atoms with van der Waals surface area (Å²) in [5.41, 5.74) is 0.993. The Hall–Kier alpha value is -0.151. The van der Waals surface area contributed by atoms with Crippen LogP contribution < -0.4 is 0 Å². The van der Waals surface area contributed by atoms with Crippen LogP contribution in [0.4, 0.5) is 0 Å². The monoisotopic (exact) mass is 336 g/mol. The minimum atomic E-state index is -2.99. The molecule has 1 aromatic carbocycles. The first kappa shape index (κ1) is 14.3. The van der Waals surface area contributed by atoms with Gasteiger partial charge in [0, 0.05) is 0 Å². The van der Waals surface area contributed by atoms with Crippen LogP contribution in [-0.4, -0.2) is 28.1 Å². The molecule has 1 heterocycles. The van der Waals surface area contributed by atoms with E-state index < -0.39 is 21.1 Å². The quantitative estimate of drug-likeness (QED) is 0.627. The Labute approximate surface area is 114 Å². The molecular weight excluding hydrogens is 318 g/mol. The van der Waals surface area contributed by atoms with Gasteiger partial charge in [-0.2, -0.15) is 0 Å². The molecule has 18 heavy (non-hydrogen) atoms. The van der Waals surface area contributed by atoms with Crippen LogP contribution in [0, 0.1) is 5.41 Å². The minimum absolute atomic E-state index is 0.0661. The molecule has 0 aliphatic carbocycles. The zero-order chi connectivity index (χ0) is 13.1. The summed E-state index contributed by atoms with van der Waals surface area (Å²) in [7, 11) is 0. The Morgan fingerprint density at radius 2 is 1.89 bits per heavy atom. The van der Waals surface area contributed by atoms with Crippen LogP contribution in [0.3, 0.4) is 0 Å². The molecule has 6 heteroatoms. The van der Waals surface area contributed by atoms with Gasteiger partial charge in [-0.25, -0.2) is 0 Å². The SMILES string of the molecule is CC1(C)COP(=O)([Se]OCc2ccccc2)OC1. The summed E-state index contributed by atoms with van der Waals surface area (Å²) >= 11 is -0.584. The van der Waals surface area contributed by atoms with Crippen molar-refractivity contribution in [2.75, 3.05) is 13.2 Å². The second-order valence-electron chi connectivity index (χ2n) is 4.98. The standard InChI is InChI=1S/C12H17O4PSe/c1-12(2)9-14-17(13,15-10-12)18-16-8-11-6-4-3-5-7-11/h3-7H,8-10H2,1-2H3. The van der Waals surface area contributed by atoms with Crippen molar-refractivity contribution < 1.29 is 17.4 Å². The zero-order valence-electron chi connectivity index (χ0n) is 10.5. The maximum atomic E-state index is 12.2. The van der Waals surface area contributed by atoms with Crippen molar-refractivity contribution in [3.05, 3.63) is 35.9 Å². The van der Waals surface area contributed by atoms with Crippen LogP contribution in [-0.2, 0) is 24.0 Å². The van der Waals surface area contributed by atoms with Gasteiger partial charge in [0.05, 0.1) is 0 Å². The van der Waals surface area contributed by atoms with Gasteiger partial charge in [-0.15, -0.1) is 0 Å². The molecule has 0 radical (unpaired) electrons. The topological polar surface area (TPSA) is 44.8 Å². The van der Waals surface area contributed by atoms with Crippen LogP contribution in [0.5, 0.6) is 0 Å². The molecule has 4 nitrogen and oxygen atoms in total. The van der Waals surface area contributed by atoms with Crippen LogP contribution >= 0.6 is 6.29 Å². The summed E-state index contributed by atoms with van der Waals surface area (Å²) < 4.78 is 28.4. The molecule has 0 spiro atoms. The molecule has 1 saturated heterocycles. The third-order valence-corrected chi connectivity index (χ3v) is 7.00. The van der Waals surface area contributed by atoms with Gasteiger partial charge in [0.2, 0.25) is 0 Å². The van der Waals surface area contributed by atoms with Gasteiger partial charge >= 0.3 is 114 Å². The summed E-state index contributed by atoms with van der Waals surface area (Å²) in [5, 5.41) is 0. The van der Waals surface area contributed by atoms with E-state index in [0.717, 1.165) is 5.56 Å². The number of hydrogen-bond acceptors (Lipinski definition) is 4. The van der Waals surface area contributed by atoms with Crippen LogP contribution in [0.25, 0.3) is 0 Å². The average molecular weight is 335 g/mol. The van der Waals surface area contributed by atoms with E-state index in [9.17, 15) is 4.57 Å². The molecule has 0 aromatic heterocycles. The number of benzene rings is 1. The zero-order valence-corrected chi connectivity index (χ0v) is 13.1. The van der Waals surface area contributed by atoms with Gasteiger partial charge in [-0.05, 0) is 0 Å². The van der Waals surface area contributed by atoms with Crippen molar-refractivity contribution in [3.63, 3.8) is 0 Å². The van der Waals surface area contributed by atoms with E-state index in [-0.39, 0.29) is 5.41 Å². The molecule has 0 unspecified atom stereocenters. The molecule has 0 atom stereocenters. The van der Waals surface area contributed by atoms with Gasteiger partial charge in [0.15, 0.2) is 0 Å². The fourth-order valence-electron chi connectivity index (χ4n) is 1.36. The molecule has 1 aromatic rings. The summed E-state index contributed by atoms with van der Waals surface area (Å²) in [4.78, 5) is 0. The van der Waals surface area contributed by atoms with Crippen molar-refractivity contribution in [2.24, 2.45) is 5.41 Å². The normalized spacial score (nSPS) is 21.7. The van der Waals surface area contributed by atoms with Crippen LogP contribution in [0.1, 0.15) is 19.4 Å². The van der Waals surface area contributed by atoms with Crippen molar-refractivity contribution in [2.45, 2.75) is 20.5 Å². The van der Waals surface area contributed by atoms with Crippen LogP contribution in [0.15, 0.2) is 30.3 Å². The van der Waals surface area contributed by atoms with E-state index in [1.165, 1.54) is 0 Å². The average Bonchev–Trinajstić information content (AvgIpc) is 2.35. The maximum absolute atomic E-state index is 12.2. The molecule has 1 aliphatic heterocycles. The van der Waals surface area contributed by atoms with Gasteiger partial charge in [0.1, 0.15) is 0 Å². The second-order valence-corrected chi connectivity index (χ2v) is 10.8. The van der Waals surface area contributed by atoms with Gasteiger partial charge in [-0.3, -0.25) is 0 Å². The Morgan fingerprint density at radius 1 is 1.28 bits per heavy atom. The first-order chi connectivity index (χ1) is 8.49. The van der Waals surface area contributed by atoms with Gasteiger partial charge in [0.25, 0.3) is 0 Å². The molecule has 0 N–H and O–H groups in total. The molecule has 0 bridgehead atoms. The Balaban J connectivity index is 1.79. The summed E-state index contributed by atoms with van der Waals surface area (Å²) in [5.74, 6) is 0. The Bertz CT molecular complexity index is 421. The Kier molecular flexibility index (Phi) is 4.65. The van der Waals surface area contributed by atoms with Crippen molar-refractivity contribution >= 4 is 21.1 Å². The molecular formula is C12H17O4PSe. The first-order valence-corrected chi connectivity index (χ1v) is 10.2. The van der Waals surface area contributed by atoms with Crippen LogP contribution in [0.2, 0.25) is 0 Å². The summed E-state index contributed by atoms with van der Waals surface area (Å²) in [6, 6.07) is 9.79. The van der Waals surface area contributed by atoms with E-state index >= 15 is 0 Å². The third-order valence-electron chi connectivity index (χ3n) is 2.44. The number of rotatable bonds is 4. The Morgan fingerprint density at radius 3 is 2.50 bits per heavy atom. The van der Waals surface area contributed by atoms with E-state index in [2.05, 4.69) is 0 Å². The fourth-order valence-corrected chi connectivity index (χ4v) is 5.36. The van der Waals surface area contributed by atoms with Crippen molar-refractivity contribution in [1.82, 2.24) is 0 Å². The second kappa shape index (κ2) is 5.87. The molecule has 2 rings (SSSR count). The van der Waals surface area contributed by atoms with Crippen molar-refractivity contribution in [3.8, 4) is 0 Å². The summed E-state index contributed by atoms with van der Waals surface area (Å²) in [6.07, 6.45) is -2.99. The van der Waals surface area contributed by atoms with E-state index in [0.29, 0.717) is 19.8 Å². The van der Waals surface area contributed by atoms with Crippen molar-refractivity contribution in [1.29, 1.82) is 0 Å². The predicted octanol–water partition coefficient (Wildman–Crippen LogP) is 3.00. The molecule has 1 fully saturated rings. The predicted molar refractivity (Wildman–Crippen MR) is 70.3 cm³/mol. The van der Waals surface area contributed by atoms with E-state index in [4.69, 9.17) is 12.9 Å². The molecule has 0 saturated carbocycles. The molecule has 100 valence electrons. The number of hydrogen-bond donors (Lipinski definition) is 0. The molecule has 1 aliphatic rings.